The van der Waals surface area contributed by atoms with Crippen LogP contribution < -0.4 is 10.6 Å². The van der Waals surface area contributed by atoms with Crippen LogP contribution in [0.3, 0.4) is 0 Å². The van der Waals surface area contributed by atoms with Gasteiger partial charge >= 0.3 is 0 Å². The summed E-state index contributed by atoms with van der Waals surface area (Å²) < 4.78 is 13.1. The van der Waals surface area contributed by atoms with Crippen LogP contribution >= 0.6 is 0 Å². The summed E-state index contributed by atoms with van der Waals surface area (Å²) in [6.45, 7) is 1.17. The third-order valence-corrected chi connectivity index (χ3v) is 4.91. The van der Waals surface area contributed by atoms with Crippen molar-refractivity contribution in [1.29, 1.82) is 0 Å². The summed E-state index contributed by atoms with van der Waals surface area (Å²) in [5.41, 5.74) is 2.19. The first kappa shape index (κ1) is 22.4. The van der Waals surface area contributed by atoms with Crippen molar-refractivity contribution in [3.05, 3.63) is 71.5 Å². The molecule has 0 bridgehead atoms. The molecular formula is C23H27FN4O3. The zero-order chi connectivity index (χ0) is 22.2. The molecule has 2 amide bonds. The topological polar surface area (TPSA) is 83.0 Å². The third kappa shape index (κ3) is 6.62. The van der Waals surface area contributed by atoms with E-state index in [-0.39, 0.29) is 18.1 Å². The van der Waals surface area contributed by atoms with Gasteiger partial charge in [0.05, 0.1) is 5.71 Å². The number of rotatable bonds is 9. The van der Waals surface area contributed by atoms with E-state index in [9.17, 15) is 14.0 Å². The van der Waals surface area contributed by atoms with E-state index in [0.717, 1.165) is 5.56 Å². The van der Waals surface area contributed by atoms with Crippen LogP contribution in [0.4, 0.5) is 4.39 Å². The van der Waals surface area contributed by atoms with Crippen LogP contribution in [0.15, 0.2) is 59.8 Å². The molecule has 2 N–H and O–H groups in total. The highest BCUT2D eigenvalue weighted by Gasteiger charge is 2.32. The number of hydrogen-bond acceptors (Lipinski definition) is 5. The highest BCUT2D eigenvalue weighted by Crippen LogP contribution is 2.17. The van der Waals surface area contributed by atoms with Crippen molar-refractivity contribution in [3.63, 3.8) is 0 Å². The fraction of sp³-hybridized carbons (Fsp3) is 0.348. The molecule has 0 unspecified atom stereocenters. The van der Waals surface area contributed by atoms with Gasteiger partial charge in [-0.1, -0.05) is 47.6 Å². The number of nitrogens with one attached hydrogen (secondary N) is 2. The van der Waals surface area contributed by atoms with E-state index < -0.39 is 18.1 Å². The summed E-state index contributed by atoms with van der Waals surface area (Å²) in [5, 5.41) is 9.64. The molecule has 0 aliphatic carbocycles. The molecule has 1 aliphatic heterocycles. The number of benzene rings is 2. The first-order chi connectivity index (χ1) is 14.9. The van der Waals surface area contributed by atoms with Crippen molar-refractivity contribution in [2.45, 2.75) is 25.0 Å². The smallest absolute Gasteiger partial charge is 0.265 e. The number of halogens is 1. The van der Waals surface area contributed by atoms with Crippen LogP contribution in [-0.2, 0) is 20.8 Å². The van der Waals surface area contributed by atoms with Gasteiger partial charge in [0.15, 0.2) is 0 Å². The number of nitrogens with zero attached hydrogens (tertiary/aromatic N) is 2. The van der Waals surface area contributed by atoms with Crippen molar-refractivity contribution < 1.29 is 18.8 Å². The molecule has 0 saturated carbocycles. The molecule has 2 aromatic rings. The highest BCUT2D eigenvalue weighted by atomic mass is 19.1. The molecule has 1 heterocycles. The van der Waals surface area contributed by atoms with Gasteiger partial charge in [-0.05, 0) is 37.4 Å². The van der Waals surface area contributed by atoms with Crippen LogP contribution in [0.25, 0.3) is 0 Å². The lowest BCUT2D eigenvalue weighted by atomic mass is 10.0. The molecule has 8 heteroatoms. The highest BCUT2D eigenvalue weighted by molar-refractivity contribution is 6.04. The molecule has 0 spiro atoms. The van der Waals surface area contributed by atoms with Crippen LogP contribution in [0.1, 0.15) is 17.5 Å². The molecule has 7 nitrogen and oxygen atoms in total. The van der Waals surface area contributed by atoms with Gasteiger partial charge in [0.25, 0.3) is 5.91 Å². The number of carbonyl (C=O) groups is 2. The fourth-order valence-electron chi connectivity index (χ4n) is 3.18. The largest absolute Gasteiger partial charge is 0.382 e. The molecule has 0 fully saturated rings. The second kappa shape index (κ2) is 10.7. The SMILES string of the molecule is CN(C)CCNC(=O)[C@H](Cc1ccccc1)NC(=O)[C@@H]1CC(c2ccc(F)cc2)=NO1. The molecule has 1 aliphatic rings. The summed E-state index contributed by atoms with van der Waals surface area (Å²) >= 11 is 0. The van der Waals surface area contributed by atoms with Crippen LogP contribution in [0.5, 0.6) is 0 Å². The standard InChI is InChI=1S/C23H27FN4O3/c1-28(2)13-12-25-22(29)20(14-16-6-4-3-5-7-16)26-23(30)21-15-19(27-31-21)17-8-10-18(24)11-9-17/h3-11,20-21H,12-15H2,1-2H3,(H,25,29)(H,26,30)/t20-,21-/m0/s1. The van der Waals surface area contributed by atoms with E-state index in [2.05, 4.69) is 15.8 Å². The van der Waals surface area contributed by atoms with Gasteiger partial charge in [0, 0.05) is 25.9 Å². The molecule has 2 aromatic carbocycles. The molecule has 2 atom stereocenters. The molecule has 0 saturated heterocycles. The Morgan fingerprint density at radius 2 is 1.87 bits per heavy atom. The summed E-state index contributed by atoms with van der Waals surface area (Å²) in [6.07, 6.45) is -0.232. The number of likely N-dealkylation sites (N-methyl/N-ethyl adjacent to an activating group) is 1. The molecule has 164 valence electrons. The van der Waals surface area contributed by atoms with Gasteiger partial charge in [0.2, 0.25) is 12.0 Å². The summed E-state index contributed by atoms with van der Waals surface area (Å²) in [5.74, 6) is -1.01. The minimum atomic E-state index is -0.840. The van der Waals surface area contributed by atoms with Crippen molar-refractivity contribution in [1.82, 2.24) is 15.5 Å². The Hall–Kier alpha value is -3.26. The van der Waals surface area contributed by atoms with Crippen molar-refractivity contribution >= 4 is 17.5 Å². The maximum atomic E-state index is 13.1. The number of amides is 2. The van der Waals surface area contributed by atoms with Crippen LogP contribution in [-0.4, -0.2) is 61.8 Å². The second-order valence-electron chi connectivity index (χ2n) is 7.69. The van der Waals surface area contributed by atoms with E-state index in [0.29, 0.717) is 30.8 Å². The Morgan fingerprint density at radius 3 is 2.55 bits per heavy atom. The van der Waals surface area contributed by atoms with Crippen LogP contribution in [0, 0.1) is 5.82 Å². The zero-order valence-corrected chi connectivity index (χ0v) is 17.7. The number of oxime groups is 1. The summed E-state index contributed by atoms with van der Waals surface area (Å²) in [6, 6.07) is 14.6. The van der Waals surface area contributed by atoms with E-state index in [1.165, 1.54) is 12.1 Å². The van der Waals surface area contributed by atoms with Crippen molar-refractivity contribution in [3.8, 4) is 0 Å². The first-order valence-corrected chi connectivity index (χ1v) is 10.2. The minimum absolute atomic E-state index is 0.248. The normalized spacial score (nSPS) is 16.4. The van der Waals surface area contributed by atoms with Gasteiger partial charge in [0.1, 0.15) is 11.9 Å². The zero-order valence-electron chi connectivity index (χ0n) is 17.7. The quantitative estimate of drug-likeness (QED) is 0.640. The first-order valence-electron chi connectivity index (χ1n) is 10.2. The molecule has 0 aromatic heterocycles. The Labute approximate surface area is 181 Å². The monoisotopic (exact) mass is 426 g/mol. The van der Waals surface area contributed by atoms with E-state index in [1.54, 1.807) is 12.1 Å². The number of carbonyl (C=O) groups excluding carboxylic acids is 2. The van der Waals surface area contributed by atoms with Gasteiger partial charge in [-0.25, -0.2) is 4.39 Å². The lowest BCUT2D eigenvalue weighted by molar-refractivity contribution is -0.135. The summed E-state index contributed by atoms with van der Waals surface area (Å²) in [7, 11) is 3.84. The molecule has 0 radical (unpaired) electrons. The predicted molar refractivity (Wildman–Crippen MR) is 116 cm³/mol. The summed E-state index contributed by atoms with van der Waals surface area (Å²) in [4.78, 5) is 32.8. The van der Waals surface area contributed by atoms with Crippen molar-refractivity contribution in [2.75, 3.05) is 27.2 Å². The average Bonchev–Trinajstić information content (AvgIpc) is 3.24. The van der Waals surface area contributed by atoms with Crippen LogP contribution in [0.2, 0.25) is 0 Å². The second-order valence-corrected chi connectivity index (χ2v) is 7.69. The Balaban J connectivity index is 1.62. The minimum Gasteiger partial charge on any atom is -0.382 e. The maximum absolute atomic E-state index is 13.1. The van der Waals surface area contributed by atoms with Gasteiger partial charge in [-0.2, -0.15) is 0 Å². The lowest BCUT2D eigenvalue weighted by Gasteiger charge is -2.20. The van der Waals surface area contributed by atoms with Gasteiger partial charge in [-0.15, -0.1) is 0 Å². The fourth-order valence-corrected chi connectivity index (χ4v) is 3.18. The average molecular weight is 426 g/mol. The Kier molecular flexibility index (Phi) is 7.72. The molecule has 31 heavy (non-hydrogen) atoms. The predicted octanol–water partition coefficient (Wildman–Crippen LogP) is 1.72. The van der Waals surface area contributed by atoms with E-state index in [1.807, 2.05) is 49.3 Å². The van der Waals surface area contributed by atoms with Gasteiger partial charge in [-0.3, -0.25) is 9.59 Å². The van der Waals surface area contributed by atoms with E-state index >= 15 is 0 Å². The lowest BCUT2D eigenvalue weighted by Crippen LogP contribution is -2.51. The third-order valence-electron chi connectivity index (χ3n) is 4.91. The number of hydrogen-bond donors (Lipinski definition) is 2. The van der Waals surface area contributed by atoms with Crippen molar-refractivity contribution in [2.24, 2.45) is 5.16 Å². The maximum Gasteiger partial charge on any atom is 0.265 e. The Morgan fingerprint density at radius 1 is 1.16 bits per heavy atom. The molecule has 3 rings (SSSR count). The van der Waals surface area contributed by atoms with Gasteiger partial charge < -0.3 is 20.4 Å². The van der Waals surface area contributed by atoms with E-state index in [4.69, 9.17) is 4.84 Å². The Bertz CT molecular complexity index is 916. The molecular weight excluding hydrogens is 399 g/mol.